The maximum Gasteiger partial charge on any atom is 0.416 e. The van der Waals surface area contributed by atoms with Crippen molar-refractivity contribution in [3.05, 3.63) is 65.6 Å². The molecule has 0 bridgehead atoms. The number of pyridine rings is 1. The van der Waals surface area contributed by atoms with Crippen molar-refractivity contribution in [3.8, 4) is 11.5 Å². The zero-order chi connectivity index (χ0) is 20.9. The molecule has 150 valence electrons. The number of hydrogen-bond donors (Lipinski definition) is 2. The number of halogens is 3. The highest BCUT2D eigenvalue weighted by molar-refractivity contribution is 5.81. The average Bonchev–Trinajstić information content (AvgIpc) is 2.65. The molecule has 2 rings (SSSR count). The molecule has 3 N–H and O–H groups in total. The zero-order valence-electron chi connectivity index (χ0n) is 15.7. The molecule has 2 aromatic rings. The maximum absolute atomic E-state index is 12.6. The van der Waals surface area contributed by atoms with Crippen LogP contribution in [0.2, 0.25) is 0 Å². The Morgan fingerprint density at radius 2 is 1.75 bits per heavy atom. The van der Waals surface area contributed by atoms with Crippen LogP contribution in [-0.4, -0.2) is 23.4 Å². The minimum Gasteiger partial charge on any atom is -0.456 e. The third-order valence-electron chi connectivity index (χ3n) is 4.27. The summed E-state index contributed by atoms with van der Waals surface area (Å²) in [7, 11) is 1.57. The van der Waals surface area contributed by atoms with E-state index in [0.717, 1.165) is 12.1 Å². The van der Waals surface area contributed by atoms with Gasteiger partial charge in [-0.25, -0.2) is 0 Å². The van der Waals surface area contributed by atoms with Gasteiger partial charge in [-0.15, -0.1) is 0 Å². The van der Waals surface area contributed by atoms with E-state index in [4.69, 9.17) is 10.5 Å². The highest BCUT2D eigenvalue weighted by Gasteiger charge is 2.38. The molecule has 1 aromatic heterocycles. The van der Waals surface area contributed by atoms with Gasteiger partial charge in [0.1, 0.15) is 17.1 Å². The van der Waals surface area contributed by atoms with Crippen molar-refractivity contribution in [2.75, 3.05) is 7.05 Å². The first-order chi connectivity index (χ1) is 13.1. The van der Waals surface area contributed by atoms with Crippen LogP contribution in [0.25, 0.3) is 0 Å². The maximum atomic E-state index is 12.6. The summed E-state index contributed by atoms with van der Waals surface area (Å²) in [6.07, 6.45) is -0.272. The van der Waals surface area contributed by atoms with E-state index in [-0.39, 0.29) is 11.7 Å². The van der Waals surface area contributed by atoms with Gasteiger partial charge in [-0.3, -0.25) is 9.98 Å². The third kappa shape index (κ3) is 4.51. The average molecular weight is 393 g/mol. The molecule has 1 heterocycles. The van der Waals surface area contributed by atoms with Crippen molar-refractivity contribution < 1.29 is 23.0 Å². The van der Waals surface area contributed by atoms with Gasteiger partial charge in [-0.1, -0.05) is 13.8 Å². The Morgan fingerprint density at radius 1 is 1.14 bits per heavy atom. The van der Waals surface area contributed by atoms with Crippen LogP contribution >= 0.6 is 0 Å². The highest BCUT2D eigenvalue weighted by Crippen LogP contribution is 2.36. The molecule has 1 aromatic carbocycles. The molecule has 0 saturated carbocycles. The molecular weight excluding hydrogens is 371 g/mol. The monoisotopic (exact) mass is 393 g/mol. The Labute approximate surface area is 161 Å². The number of nitrogens with zero attached hydrogens (tertiary/aromatic N) is 2. The fraction of sp³-hybridized carbons (Fsp3) is 0.300. The van der Waals surface area contributed by atoms with Gasteiger partial charge in [0, 0.05) is 25.0 Å². The van der Waals surface area contributed by atoms with Crippen molar-refractivity contribution in [2.24, 2.45) is 16.6 Å². The van der Waals surface area contributed by atoms with E-state index in [2.05, 4.69) is 9.98 Å². The van der Waals surface area contributed by atoms with Gasteiger partial charge in [-0.2, -0.15) is 13.2 Å². The lowest BCUT2D eigenvalue weighted by molar-refractivity contribution is -0.137. The minimum absolute atomic E-state index is 0.238. The number of hydrogen-bond acceptors (Lipinski definition) is 5. The van der Waals surface area contributed by atoms with Gasteiger partial charge in [0.05, 0.1) is 17.5 Å². The molecule has 0 aliphatic rings. The topological polar surface area (TPSA) is 80.7 Å². The Hall–Kier alpha value is -2.87. The van der Waals surface area contributed by atoms with Crippen LogP contribution in [0, 0.1) is 5.92 Å². The number of aromatic nitrogens is 1. The first kappa shape index (κ1) is 21.4. The number of alkyl halides is 3. The summed E-state index contributed by atoms with van der Waals surface area (Å²) in [5.74, 6) is 0.300. The van der Waals surface area contributed by atoms with Crippen LogP contribution in [0.5, 0.6) is 11.5 Å². The molecule has 0 radical (unpaired) electrons. The number of nitrogens with two attached hydrogens (primary N) is 1. The zero-order valence-corrected chi connectivity index (χ0v) is 15.7. The van der Waals surface area contributed by atoms with E-state index in [0.29, 0.717) is 17.0 Å². The summed E-state index contributed by atoms with van der Waals surface area (Å²) in [5, 5.41) is 11.2. The quantitative estimate of drug-likeness (QED) is 0.718. The lowest BCUT2D eigenvalue weighted by atomic mass is 9.80. The van der Waals surface area contributed by atoms with Crippen LogP contribution in [0.4, 0.5) is 13.2 Å². The number of aliphatic hydroxyl groups is 1. The van der Waals surface area contributed by atoms with Crippen LogP contribution < -0.4 is 10.5 Å². The summed E-state index contributed by atoms with van der Waals surface area (Å²) in [6.45, 7) is 3.64. The number of rotatable bonds is 6. The van der Waals surface area contributed by atoms with Gasteiger partial charge in [0.15, 0.2) is 0 Å². The second-order valence-corrected chi connectivity index (χ2v) is 6.43. The predicted octanol–water partition coefficient (Wildman–Crippen LogP) is 4.28. The SMILES string of the molecule is CN=CC(=CN)C(O)(c1ccc(Oc2ccc(C(F)(F)F)cc2)cn1)C(C)C. The van der Waals surface area contributed by atoms with Crippen LogP contribution in [0.1, 0.15) is 25.1 Å². The molecule has 0 spiro atoms. The normalized spacial score (nSPS) is 15.1. The van der Waals surface area contributed by atoms with E-state index in [9.17, 15) is 18.3 Å². The first-order valence-corrected chi connectivity index (χ1v) is 8.51. The van der Waals surface area contributed by atoms with Crippen LogP contribution in [-0.2, 0) is 11.8 Å². The molecule has 0 fully saturated rings. The fourth-order valence-electron chi connectivity index (χ4n) is 2.70. The number of aliphatic imine (C=N–C) groups is 1. The van der Waals surface area contributed by atoms with E-state index in [1.165, 1.54) is 30.7 Å². The standard InChI is InChI=1S/C20H22F3N3O2/c1-13(2)19(27,15(10-24)11-25-3)18-9-8-17(12-26-18)28-16-6-4-14(5-7-16)20(21,22)23/h4-13,27H,24H2,1-3H3. The molecule has 0 amide bonds. The van der Waals surface area contributed by atoms with Crippen molar-refractivity contribution in [2.45, 2.75) is 25.6 Å². The van der Waals surface area contributed by atoms with Crippen LogP contribution in [0.15, 0.2) is 59.4 Å². The molecular formula is C20H22F3N3O2. The van der Waals surface area contributed by atoms with E-state index >= 15 is 0 Å². The molecule has 8 heteroatoms. The molecule has 1 unspecified atom stereocenters. The van der Waals surface area contributed by atoms with Crippen molar-refractivity contribution in [1.82, 2.24) is 4.98 Å². The molecule has 5 nitrogen and oxygen atoms in total. The Morgan fingerprint density at radius 3 is 2.18 bits per heavy atom. The summed E-state index contributed by atoms with van der Waals surface area (Å²) in [6, 6.07) is 7.49. The van der Waals surface area contributed by atoms with Gasteiger partial charge in [-0.05, 0) is 42.3 Å². The molecule has 28 heavy (non-hydrogen) atoms. The summed E-state index contributed by atoms with van der Waals surface area (Å²) in [5.41, 5.74) is 4.18. The minimum atomic E-state index is -4.40. The summed E-state index contributed by atoms with van der Waals surface area (Å²) < 4.78 is 43.4. The van der Waals surface area contributed by atoms with Crippen molar-refractivity contribution in [3.63, 3.8) is 0 Å². The van der Waals surface area contributed by atoms with Gasteiger partial charge in [0.25, 0.3) is 0 Å². The van der Waals surface area contributed by atoms with E-state index in [1.807, 2.05) is 13.8 Å². The number of benzene rings is 1. The van der Waals surface area contributed by atoms with E-state index < -0.39 is 17.3 Å². The summed E-state index contributed by atoms with van der Waals surface area (Å²) in [4.78, 5) is 8.18. The molecule has 0 saturated heterocycles. The lowest BCUT2D eigenvalue weighted by Gasteiger charge is -2.32. The first-order valence-electron chi connectivity index (χ1n) is 8.51. The number of ether oxygens (including phenoxy) is 1. The molecule has 0 aliphatic carbocycles. The Bertz CT molecular complexity index is 844. The lowest BCUT2D eigenvalue weighted by Crippen LogP contribution is -2.36. The third-order valence-corrected chi connectivity index (χ3v) is 4.27. The van der Waals surface area contributed by atoms with Gasteiger partial charge < -0.3 is 15.6 Å². The molecule has 1 atom stereocenters. The van der Waals surface area contributed by atoms with Gasteiger partial charge >= 0.3 is 6.18 Å². The van der Waals surface area contributed by atoms with Gasteiger partial charge in [0.2, 0.25) is 0 Å². The Kier molecular flexibility index (Phi) is 6.45. The second kappa shape index (κ2) is 8.43. The van der Waals surface area contributed by atoms with Crippen molar-refractivity contribution in [1.29, 1.82) is 0 Å². The largest absolute Gasteiger partial charge is 0.456 e. The molecule has 0 aliphatic heterocycles. The highest BCUT2D eigenvalue weighted by atomic mass is 19.4. The predicted molar refractivity (Wildman–Crippen MR) is 101 cm³/mol. The summed E-state index contributed by atoms with van der Waals surface area (Å²) >= 11 is 0. The Balaban J connectivity index is 2.26. The fourth-order valence-corrected chi connectivity index (χ4v) is 2.70. The van der Waals surface area contributed by atoms with Crippen molar-refractivity contribution >= 4 is 6.21 Å². The second-order valence-electron chi connectivity index (χ2n) is 6.43. The van der Waals surface area contributed by atoms with E-state index in [1.54, 1.807) is 19.2 Å². The smallest absolute Gasteiger partial charge is 0.416 e. The van der Waals surface area contributed by atoms with Crippen LogP contribution in [0.3, 0.4) is 0 Å².